The summed E-state index contributed by atoms with van der Waals surface area (Å²) in [7, 11) is -3.42. The van der Waals surface area contributed by atoms with Gasteiger partial charge >= 0.3 is 0 Å². The fourth-order valence-electron chi connectivity index (χ4n) is 3.22. The molecule has 0 saturated carbocycles. The van der Waals surface area contributed by atoms with Gasteiger partial charge in [0.05, 0.1) is 4.90 Å². The Morgan fingerprint density at radius 1 is 0.889 bits per heavy atom. The third-order valence-electron chi connectivity index (χ3n) is 4.78. The third kappa shape index (κ3) is 6.40. The summed E-state index contributed by atoms with van der Waals surface area (Å²) in [6.45, 7) is 6.56. The first-order valence-corrected chi connectivity index (χ1v) is 11.5. The number of sulfonamides is 1. The van der Waals surface area contributed by atoms with Crippen LogP contribution < -0.4 is 4.72 Å². The zero-order chi connectivity index (χ0) is 19.1. The van der Waals surface area contributed by atoms with Crippen molar-refractivity contribution in [1.29, 1.82) is 0 Å². The van der Waals surface area contributed by atoms with Gasteiger partial charge in [0.15, 0.2) is 0 Å². The quantitative estimate of drug-likeness (QED) is 0.626. The average molecular weight is 452 g/mol. The van der Waals surface area contributed by atoms with Gasteiger partial charge in [0.1, 0.15) is 0 Å². The number of hydrogen-bond donors (Lipinski definition) is 1. The molecule has 2 aromatic carbocycles. The van der Waals surface area contributed by atoms with Gasteiger partial charge in [0, 0.05) is 43.7 Å². The molecule has 1 aliphatic rings. The van der Waals surface area contributed by atoms with Crippen molar-refractivity contribution >= 4 is 26.0 Å². The standard InChI is InChI=1S/C20H26BrN3O2S/c21-19-7-9-20(10-8-19)27(25,26)22-11-4-12-23-13-15-24(16-14-23)17-18-5-2-1-3-6-18/h1-3,5-10,22H,4,11-17H2. The maximum absolute atomic E-state index is 12.3. The first-order valence-electron chi connectivity index (χ1n) is 9.27. The van der Waals surface area contributed by atoms with Crippen molar-refractivity contribution in [2.45, 2.75) is 17.9 Å². The minimum Gasteiger partial charge on any atom is -0.301 e. The summed E-state index contributed by atoms with van der Waals surface area (Å²) in [6.07, 6.45) is 0.814. The summed E-state index contributed by atoms with van der Waals surface area (Å²) < 4.78 is 28.1. The summed E-state index contributed by atoms with van der Waals surface area (Å²) in [6, 6.07) is 17.3. The highest BCUT2D eigenvalue weighted by atomic mass is 79.9. The van der Waals surface area contributed by atoms with E-state index in [-0.39, 0.29) is 0 Å². The van der Waals surface area contributed by atoms with Crippen LogP contribution in [-0.4, -0.2) is 57.5 Å². The average Bonchev–Trinajstić information content (AvgIpc) is 2.68. The molecule has 0 atom stereocenters. The molecule has 7 heteroatoms. The van der Waals surface area contributed by atoms with Gasteiger partial charge in [-0.3, -0.25) is 4.90 Å². The molecular formula is C20H26BrN3O2S. The Kier molecular flexibility index (Phi) is 7.43. The van der Waals surface area contributed by atoms with E-state index in [0.717, 1.165) is 50.2 Å². The maximum Gasteiger partial charge on any atom is 0.240 e. The van der Waals surface area contributed by atoms with E-state index < -0.39 is 10.0 Å². The molecule has 2 aromatic rings. The molecule has 1 aliphatic heterocycles. The number of halogens is 1. The van der Waals surface area contributed by atoms with Gasteiger partial charge in [-0.2, -0.15) is 0 Å². The van der Waals surface area contributed by atoms with Crippen LogP contribution in [0.1, 0.15) is 12.0 Å². The van der Waals surface area contributed by atoms with Crippen molar-refractivity contribution in [2.75, 3.05) is 39.3 Å². The van der Waals surface area contributed by atoms with Gasteiger partial charge in [0.2, 0.25) is 10.0 Å². The van der Waals surface area contributed by atoms with E-state index in [1.54, 1.807) is 24.3 Å². The lowest BCUT2D eigenvalue weighted by atomic mass is 10.2. The Hall–Kier alpha value is -1.25. The Labute approximate surface area is 170 Å². The van der Waals surface area contributed by atoms with Gasteiger partial charge in [-0.05, 0) is 42.8 Å². The van der Waals surface area contributed by atoms with E-state index >= 15 is 0 Å². The highest BCUT2D eigenvalue weighted by Gasteiger charge is 2.17. The first-order chi connectivity index (χ1) is 13.0. The van der Waals surface area contributed by atoms with Crippen molar-refractivity contribution in [2.24, 2.45) is 0 Å². The molecule has 0 bridgehead atoms. The van der Waals surface area contributed by atoms with Crippen molar-refractivity contribution in [3.63, 3.8) is 0 Å². The molecule has 3 rings (SSSR count). The smallest absolute Gasteiger partial charge is 0.240 e. The summed E-state index contributed by atoms with van der Waals surface area (Å²) >= 11 is 3.32. The largest absolute Gasteiger partial charge is 0.301 e. The van der Waals surface area contributed by atoms with E-state index in [1.165, 1.54) is 5.56 Å². The number of nitrogens with one attached hydrogen (secondary N) is 1. The number of benzene rings is 2. The molecule has 0 radical (unpaired) electrons. The predicted molar refractivity (Wildman–Crippen MR) is 112 cm³/mol. The second-order valence-corrected chi connectivity index (χ2v) is 9.49. The monoisotopic (exact) mass is 451 g/mol. The van der Waals surface area contributed by atoms with E-state index in [2.05, 4.69) is 54.7 Å². The molecule has 0 aliphatic carbocycles. The van der Waals surface area contributed by atoms with Crippen LogP contribution in [0.5, 0.6) is 0 Å². The Balaban J connectivity index is 1.35. The van der Waals surface area contributed by atoms with Gasteiger partial charge in [-0.25, -0.2) is 13.1 Å². The Bertz CT molecular complexity index is 805. The van der Waals surface area contributed by atoms with Crippen LogP contribution >= 0.6 is 15.9 Å². The molecule has 1 N–H and O–H groups in total. The summed E-state index contributed by atoms with van der Waals surface area (Å²) in [5.74, 6) is 0. The van der Waals surface area contributed by atoms with E-state index in [1.807, 2.05) is 6.07 Å². The van der Waals surface area contributed by atoms with E-state index in [0.29, 0.717) is 11.4 Å². The van der Waals surface area contributed by atoms with E-state index in [4.69, 9.17) is 0 Å². The van der Waals surface area contributed by atoms with Crippen LogP contribution in [0, 0.1) is 0 Å². The minimum atomic E-state index is -3.42. The number of hydrogen-bond acceptors (Lipinski definition) is 4. The van der Waals surface area contributed by atoms with Crippen LogP contribution in [0.2, 0.25) is 0 Å². The highest BCUT2D eigenvalue weighted by molar-refractivity contribution is 9.10. The lowest BCUT2D eigenvalue weighted by Crippen LogP contribution is -2.46. The normalized spacial score (nSPS) is 16.5. The van der Waals surface area contributed by atoms with Gasteiger partial charge in [-0.1, -0.05) is 46.3 Å². The molecule has 146 valence electrons. The molecular weight excluding hydrogens is 426 g/mol. The molecule has 0 aromatic heterocycles. The van der Waals surface area contributed by atoms with Crippen molar-refractivity contribution in [3.8, 4) is 0 Å². The summed E-state index contributed by atoms with van der Waals surface area (Å²) in [5, 5.41) is 0. The molecule has 1 saturated heterocycles. The number of piperazine rings is 1. The molecule has 0 amide bonds. The van der Waals surface area contributed by atoms with Gasteiger partial charge < -0.3 is 4.90 Å². The van der Waals surface area contributed by atoms with Gasteiger partial charge in [-0.15, -0.1) is 0 Å². The Morgan fingerprint density at radius 2 is 1.52 bits per heavy atom. The van der Waals surface area contributed by atoms with Crippen molar-refractivity contribution in [1.82, 2.24) is 14.5 Å². The van der Waals surface area contributed by atoms with Crippen LogP contribution in [0.4, 0.5) is 0 Å². The maximum atomic E-state index is 12.3. The summed E-state index contributed by atoms with van der Waals surface area (Å²) in [5.41, 5.74) is 1.35. The molecule has 27 heavy (non-hydrogen) atoms. The lowest BCUT2D eigenvalue weighted by Gasteiger charge is -2.34. The zero-order valence-corrected chi connectivity index (χ0v) is 17.8. The SMILES string of the molecule is O=S(=O)(NCCCN1CCN(Cc2ccccc2)CC1)c1ccc(Br)cc1. The number of nitrogens with zero attached hydrogens (tertiary/aromatic N) is 2. The van der Waals surface area contributed by atoms with Crippen LogP contribution in [0.25, 0.3) is 0 Å². The minimum absolute atomic E-state index is 0.306. The molecule has 1 heterocycles. The lowest BCUT2D eigenvalue weighted by molar-refractivity contribution is 0.126. The third-order valence-corrected chi connectivity index (χ3v) is 6.79. The predicted octanol–water partition coefficient (Wildman–Crippen LogP) is 2.94. The highest BCUT2D eigenvalue weighted by Crippen LogP contribution is 2.14. The summed E-state index contributed by atoms with van der Waals surface area (Å²) in [4.78, 5) is 5.19. The number of rotatable bonds is 8. The molecule has 1 fully saturated rings. The van der Waals surface area contributed by atoms with Crippen LogP contribution in [0.3, 0.4) is 0 Å². The van der Waals surface area contributed by atoms with Crippen molar-refractivity contribution < 1.29 is 8.42 Å². The first kappa shape index (κ1) is 20.5. The van der Waals surface area contributed by atoms with Crippen molar-refractivity contribution in [3.05, 3.63) is 64.6 Å². The topological polar surface area (TPSA) is 52.7 Å². The van der Waals surface area contributed by atoms with Gasteiger partial charge in [0.25, 0.3) is 0 Å². The Morgan fingerprint density at radius 3 is 2.19 bits per heavy atom. The second-order valence-electron chi connectivity index (χ2n) is 6.81. The fourth-order valence-corrected chi connectivity index (χ4v) is 4.56. The zero-order valence-electron chi connectivity index (χ0n) is 15.4. The van der Waals surface area contributed by atoms with Crippen LogP contribution in [0.15, 0.2) is 64.0 Å². The van der Waals surface area contributed by atoms with Crippen LogP contribution in [-0.2, 0) is 16.6 Å². The molecule has 0 unspecified atom stereocenters. The fraction of sp³-hybridized carbons (Fsp3) is 0.400. The molecule has 5 nitrogen and oxygen atoms in total. The second kappa shape index (κ2) is 9.80. The molecule has 0 spiro atoms. The van der Waals surface area contributed by atoms with E-state index in [9.17, 15) is 8.42 Å².